The summed E-state index contributed by atoms with van der Waals surface area (Å²) in [5.41, 5.74) is -0.213. The summed E-state index contributed by atoms with van der Waals surface area (Å²) >= 11 is 0. The molecule has 1 aromatic heterocycles. The van der Waals surface area contributed by atoms with Crippen LogP contribution >= 0.6 is 0 Å². The van der Waals surface area contributed by atoms with Gasteiger partial charge >= 0.3 is 0 Å². The Morgan fingerprint density at radius 1 is 1.38 bits per heavy atom. The summed E-state index contributed by atoms with van der Waals surface area (Å²) in [5.74, 6) is -0.323. The Bertz CT molecular complexity index is 630. The van der Waals surface area contributed by atoms with E-state index in [4.69, 9.17) is 4.74 Å². The van der Waals surface area contributed by atoms with Crippen LogP contribution in [0.5, 0.6) is 0 Å². The van der Waals surface area contributed by atoms with E-state index in [-0.39, 0.29) is 10.8 Å². The average molecular weight is 315 g/mol. The van der Waals surface area contributed by atoms with Gasteiger partial charge in [0, 0.05) is 39.0 Å². The molecule has 8 heteroatoms. The van der Waals surface area contributed by atoms with E-state index in [1.54, 1.807) is 7.05 Å². The van der Waals surface area contributed by atoms with E-state index in [9.17, 15) is 13.2 Å². The molecule has 0 unspecified atom stereocenters. The summed E-state index contributed by atoms with van der Waals surface area (Å²) < 4.78 is 34.5. The minimum atomic E-state index is -3.67. The minimum absolute atomic E-state index is 0.0938. The molecule has 0 spiro atoms. The molecular weight excluding hydrogens is 294 g/mol. The number of amides is 1. The van der Waals surface area contributed by atoms with Crippen molar-refractivity contribution >= 4 is 15.9 Å². The standard InChI is InChI=1S/C13H21N3O4S/c1-13(4-6-20-7-5-13)15-21(18,19)10-8-11(12(17)14-2)16(3)9-10/h8-9,15H,4-7H2,1-3H3,(H,14,17). The molecule has 0 aromatic carbocycles. The number of ether oxygens (including phenoxy) is 1. The zero-order valence-electron chi connectivity index (χ0n) is 12.5. The van der Waals surface area contributed by atoms with E-state index in [0.717, 1.165) is 0 Å². The smallest absolute Gasteiger partial charge is 0.267 e. The number of sulfonamides is 1. The fourth-order valence-electron chi connectivity index (χ4n) is 2.34. The van der Waals surface area contributed by atoms with Gasteiger partial charge in [-0.05, 0) is 25.8 Å². The molecule has 2 rings (SSSR count). The predicted octanol–water partition coefficient (Wildman–Crippen LogP) is 0.232. The van der Waals surface area contributed by atoms with Gasteiger partial charge in [-0.25, -0.2) is 13.1 Å². The first-order chi connectivity index (χ1) is 9.77. The number of carbonyl (C=O) groups excluding carboxylic acids is 1. The maximum atomic E-state index is 12.5. The number of carbonyl (C=O) groups is 1. The highest BCUT2D eigenvalue weighted by atomic mass is 32.2. The zero-order chi connectivity index (χ0) is 15.7. The summed E-state index contributed by atoms with van der Waals surface area (Å²) in [6.07, 6.45) is 2.69. The molecule has 0 radical (unpaired) electrons. The first kappa shape index (κ1) is 16.0. The average Bonchev–Trinajstić information content (AvgIpc) is 2.80. The van der Waals surface area contributed by atoms with E-state index in [1.165, 1.54) is 23.9 Å². The zero-order valence-corrected chi connectivity index (χ0v) is 13.3. The monoisotopic (exact) mass is 315 g/mol. The molecule has 1 saturated heterocycles. The largest absolute Gasteiger partial charge is 0.381 e. The van der Waals surface area contributed by atoms with Crippen LogP contribution in [0.2, 0.25) is 0 Å². The molecule has 0 aliphatic carbocycles. The molecule has 2 heterocycles. The van der Waals surface area contributed by atoms with E-state index in [1.807, 2.05) is 6.92 Å². The molecule has 7 nitrogen and oxygen atoms in total. The highest BCUT2D eigenvalue weighted by Gasteiger charge is 2.33. The summed E-state index contributed by atoms with van der Waals surface area (Å²) in [6, 6.07) is 1.38. The van der Waals surface area contributed by atoms with Gasteiger partial charge in [-0.15, -0.1) is 0 Å². The van der Waals surface area contributed by atoms with Gasteiger partial charge < -0.3 is 14.6 Å². The van der Waals surface area contributed by atoms with Gasteiger partial charge in [0.1, 0.15) is 10.6 Å². The van der Waals surface area contributed by atoms with E-state index >= 15 is 0 Å². The van der Waals surface area contributed by atoms with Crippen molar-refractivity contribution in [1.29, 1.82) is 0 Å². The van der Waals surface area contributed by atoms with Gasteiger partial charge in [0.25, 0.3) is 5.91 Å². The minimum Gasteiger partial charge on any atom is -0.381 e. The van der Waals surface area contributed by atoms with Crippen molar-refractivity contribution in [3.63, 3.8) is 0 Å². The van der Waals surface area contributed by atoms with E-state index in [0.29, 0.717) is 31.7 Å². The second-order valence-corrected chi connectivity index (χ2v) is 7.21. The van der Waals surface area contributed by atoms with Crippen LogP contribution < -0.4 is 10.0 Å². The lowest BCUT2D eigenvalue weighted by molar-refractivity contribution is 0.0537. The van der Waals surface area contributed by atoms with E-state index < -0.39 is 15.6 Å². The number of nitrogens with one attached hydrogen (secondary N) is 2. The van der Waals surface area contributed by atoms with Crippen LogP contribution in [0.3, 0.4) is 0 Å². The number of hydrogen-bond donors (Lipinski definition) is 2. The van der Waals surface area contributed by atoms with Crippen molar-refractivity contribution in [2.45, 2.75) is 30.2 Å². The number of hydrogen-bond acceptors (Lipinski definition) is 4. The van der Waals surface area contributed by atoms with Crippen LogP contribution in [0, 0.1) is 0 Å². The van der Waals surface area contributed by atoms with Crippen LogP contribution in [-0.4, -0.2) is 44.7 Å². The van der Waals surface area contributed by atoms with Crippen molar-refractivity contribution in [3.05, 3.63) is 18.0 Å². The lowest BCUT2D eigenvalue weighted by Crippen LogP contribution is -2.49. The van der Waals surface area contributed by atoms with Crippen molar-refractivity contribution in [2.24, 2.45) is 7.05 Å². The Kier molecular flexibility index (Phi) is 4.40. The third kappa shape index (κ3) is 3.45. The Labute approximate surface area is 124 Å². The van der Waals surface area contributed by atoms with Crippen molar-refractivity contribution in [1.82, 2.24) is 14.6 Å². The maximum absolute atomic E-state index is 12.5. The number of aryl methyl sites for hydroxylation is 1. The van der Waals surface area contributed by atoms with Gasteiger partial charge in [0.05, 0.1) is 0 Å². The summed E-state index contributed by atoms with van der Waals surface area (Å²) in [4.78, 5) is 11.8. The Balaban J connectivity index is 2.25. The Morgan fingerprint density at radius 2 is 2.00 bits per heavy atom. The van der Waals surface area contributed by atoms with Gasteiger partial charge in [-0.1, -0.05) is 0 Å². The van der Waals surface area contributed by atoms with Gasteiger partial charge in [0.2, 0.25) is 10.0 Å². The summed E-state index contributed by atoms with van der Waals surface area (Å²) in [5, 5.41) is 2.48. The highest BCUT2D eigenvalue weighted by molar-refractivity contribution is 7.89. The maximum Gasteiger partial charge on any atom is 0.267 e. The number of rotatable bonds is 4. The Morgan fingerprint density at radius 3 is 2.57 bits per heavy atom. The molecule has 1 aliphatic rings. The number of aromatic nitrogens is 1. The SMILES string of the molecule is CNC(=O)c1cc(S(=O)(=O)NC2(C)CCOCC2)cn1C. The third-order valence-corrected chi connectivity index (χ3v) is 5.33. The fraction of sp³-hybridized carbons (Fsp3) is 0.615. The molecule has 1 aliphatic heterocycles. The second kappa shape index (κ2) is 5.78. The lowest BCUT2D eigenvalue weighted by atomic mass is 9.94. The molecule has 2 N–H and O–H groups in total. The quantitative estimate of drug-likeness (QED) is 0.832. The summed E-state index contributed by atoms with van der Waals surface area (Å²) in [6.45, 7) is 2.95. The molecule has 0 atom stereocenters. The molecule has 1 fully saturated rings. The van der Waals surface area contributed by atoms with Crippen LogP contribution in [-0.2, 0) is 21.8 Å². The molecular formula is C13H21N3O4S. The molecule has 1 aromatic rings. The first-order valence-electron chi connectivity index (χ1n) is 6.78. The normalized spacial score (nSPS) is 18.4. The first-order valence-corrected chi connectivity index (χ1v) is 8.26. The fourth-order valence-corrected chi connectivity index (χ4v) is 3.88. The molecule has 118 valence electrons. The topological polar surface area (TPSA) is 89.4 Å². The van der Waals surface area contributed by atoms with Gasteiger partial charge in [0.15, 0.2) is 0 Å². The number of nitrogens with zero attached hydrogens (tertiary/aromatic N) is 1. The van der Waals surface area contributed by atoms with Crippen molar-refractivity contribution in [3.8, 4) is 0 Å². The van der Waals surface area contributed by atoms with Crippen LogP contribution in [0.4, 0.5) is 0 Å². The van der Waals surface area contributed by atoms with Gasteiger partial charge in [-0.2, -0.15) is 0 Å². The Hall–Kier alpha value is -1.38. The summed E-state index contributed by atoms with van der Waals surface area (Å²) in [7, 11) is -0.525. The van der Waals surface area contributed by atoms with Crippen molar-refractivity contribution < 1.29 is 17.9 Å². The molecule has 21 heavy (non-hydrogen) atoms. The predicted molar refractivity (Wildman–Crippen MR) is 77.6 cm³/mol. The highest BCUT2D eigenvalue weighted by Crippen LogP contribution is 2.23. The molecule has 0 saturated carbocycles. The molecule has 1 amide bonds. The molecule has 0 bridgehead atoms. The van der Waals surface area contributed by atoms with E-state index in [2.05, 4.69) is 10.0 Å². The third-order valence-electron chi connectivity index (χ3n) is 3.73. The van der Waals surface area contributed by atoms with Gasteiger partial charge in [-0.3, -0.25) is 4.79 Å². The van der Waals surface area contributed by atoms with Crippen molar-refractivity contribution in [2.75, 3.05) is 20.3 Å². The van der Waals surface area contributed by atoms with Crippen LogP contribution in [0.1, 0.15) is 30.3 Å². The van der Waals surface area contributed by atoms with Crippen LogP contribution in [0.15, 0.2) is 17.2 Å². The second-order valence-electron chi connectivity index (χ2n) is 5.53. The van der Waals surface area contributed by atoms with Crippen LogP contribution in [0.25, 0.3) is 0 Å². The lowest BCUT2D eigenvalue weighted by Gasteiger charge is -2.33.